The Morgan fingerprint density at radius 3 is 2.60 bits per heavy atom. The van der Waals surface area contributed by atoms with E-state index >= 15 is 0 Å². The minimum Gasteiger partial charge on any atom is -0.490 e. The third-order valence-corrected chi connectivity index (χ3v) is 4.92. The predicted octanol–water partition coefficient (Wildman–Crippen LogP) is 4.75. The molecule has 0 aliphatic carbocycles. The van der Waals surface area contributed by atoms with Crippen LogP contribution in [-0.4, -0.2) is 23.4 Å². The molecule has 0 spiro atoms. The Labute approximate surface area is 150 Å². The molecule has 128 valence electrons. The van der Waals surface area contributed by atoms with Crippen LogP contribution in [0.3, 0.4) is 0 Å². The van der Waals surface area contributed by atoms with Gasteiger partial charge in [0.25, 0.3) is 0 Å². The minimum atomic E-state index is 0.0368. The van der Waals surface area contributed by atoms with Gasteiger partial charge < -0.3 is 13.9 Å². The van der Waals surface area contributed by atoms with Crippen molar-refractivity contribution in [1.82, 2.24) is 10.2 Å². The van der Waals surface area contributed by atoms with E-state index < -0.39 is 0 Å². The lowest BCUT2D eigenvalue weighted by atomic mass is 10.2. The Hall–Kier alpha value is -2.47. The van der Waals surface area contributed by atoms with Crippen molar-refractivity contribution in [2.75, 3.05) is 13.2 Å². The number of hydrogen-bond acceptors (Lipinski definition) is 6. The van der Waals surface area contributed by atoms with Crippen LogP contribution in [-0.2, 0) is 0 Å². The van der Waals surface area contributed by atoms with E-state index in [0.717, 1.165) is 28.4 Å². The van der Waals surface area contributed by atoms with Gasteiger partial charge in [-0.1, -0.05) is 18.2 Å². The van der Waals surface area contributed by atoms with Crippen LogP contribution < -0.4 is 9.47 Å². The van der Waals surface area contributed by atoms with Gasteiger partial charge in [0.1, 0.15) is 0 Å². The lowest BCUT2D eigenvalue weighted by Crippen LogP contribution is -1.97. The number of nitrogens with zero attached hydrogens (tertiary/aromatic N) is 2. The third kappa shape index (κ3) is 3.64. The fourth-order valence-electron chi connectivity index (χ4n) is 2.57. The number of rotatable bonds is 4. The van der Waals surface area contributed by atoms with Gasteiger partial charge in [-0.2, -0.15) is 0 Å². The molecule has 0 fully saturated rings. The number of aromatic nitrogens is 2. The second-order valence-electron chi connectivity index (χ2n) is 5.73. The average Bonchev–Trinajstić information content (AvgIpc) is 3.03. The van der Waals surface area contributed by atoms with Crippen molar-refractivity contribution in [3.8, 4) is 23.0 Å². The summed E-state index contributed by atoms with van der Waals surface area (Å²) in [5.41, 5.74) is 0.925. The maximum atomic E-state index is 5.84. The molecular weight excluding hydrogens is 336 g/mol. The Bertz CT molecular complexity index is 851. The van der Waals surface area contributed by atoms with E-state index in [4.69, 9.17) is 13.9 Å². The van der Waals surface area contributed by atoms with E-state index in [1.807, 2.05) is 48.5 Å². The highest BCUT2D eigenvalue weighted by Gasteiger charge is 2.18. The maximum Gasteiger partial charge on any atom is 0.247 e. The molecule has 0 amide bonds. The van der Waals surface area contributed by atoms with Gasteiger partial charge in [-0.05, 0) is 37.3 Å². The number of benzene rings is 2. The van der Waals surface area contributed by atoms with Crippen molar-refractivity contribution < 1.29 is 13.9 Å². The molecule has 1 unspecified atom stereocenters. The molecule has 1 aliphatic rings. The summed E-state index contributed by atoms with van der Waals surface area (Å²) in [4.78, 5) is 1.08. The lowest BCUT2D eigenvalue weighted by Gasteiger charge is -2.11. The normalized spacial score (nSPS) is 14.8. The van der Waals surface area contributed by atoms with Crippen LogP contribution in [0.5, 0.6) is 11.5 Å². The molecule has 2 aromatic carbocycles. The molecule has 2 heterocycles. The largest absolute Gasteiger partial charge is 0.490 e. The summed E-state index contributed by atoms with van der Waals surface area (Å²) in [6.45, 7) is 3.43. The number of ether oxygens (including phenoxy) is 2. The van der Waals surface area contributed by atoms with Crippen LogP contribution in [0.4, 0.5) is 0 Å². The van der Waals surface area contributed by atoms with Crippen molar-refractivity contribution in [2.24, 2.45) is 0 Å². The maximum absolute atomic E-state index is 5.84. The fraction of sp³-hybridized carbons (Fsp3) is 0.263. The average molecular weight is 354 g/mol. The highest BCUT2D eigenvalue weighted by atomic mass is 32.2. The topological polar surface area (TPSA) is 57.4 Å². The third-order valence-electron chi connectivity index (χ3n) is 3.84. The van der Waals surface area contributed by atoms with Gasteiger partial charge in [0.15, 0.2) is 11.5 Å². The monoisotopic (exact) mass is 354 g/mol. The summed E-state index contributed by atoms with van der Waals surface area (Å²) in [6, 6.07) is 15.8. The van der Waals surface area contributed by atoms with Crippen LogP contribution in [0, 0.1) is 0 Å². The van der Waals surface area contributed by atoms with Gasteiger partial charge in [0, 0.05) is 16.9 Å². The Kier molecular flexibility index (Phi) is 4.61. The highest BCUT2D eigenvalue weighted by molar-refractivity contribution is 7.99. The molecule has 0 bridgehead atoms. The lowest BCUT2D eigenvalue weighted by molar-refractivity contribution is 0.297. The standard InChI is InChI=1S/C19H18N2O3S/c1-13(18-20-21-19(24-18)14-6-3-2-4-7-14)25-15-8-9-16-17(12-15)23-11-5-10-22-16/h2-4,6-9,12-13H,5,10-11H2,1H3. The summed E-state index contributed by atoms with van der Waals surface area (Å²) in [7, 11) is 0. The highest BCUT2D eigenvalue weighted by Crippen LogP contribution is 2.39. The van der Waals surface area contributed by atoms with Crippen LogP contribution in [0.1, 0.15) is 24.5 Å². The van der Waals surface area contributed by atoms with E-state index in [0.29, 0.717) is 25.0 Å². The Balaban J connectivity index is 1.50. The Morgan fingerprint density at radius 1 is 0.960 bits per heavy atom. The van der Waals surface area contributed by atoms with Crippen LogP contribution in [0.25, 0.3) is 11.5 Å². The van der Waals surface area contributed by atoms with Crippen LogP contribution in [0.2, 0.25) is 0 Å². The zero-order valence-electron chi connectivity index (χ0n) is 13.8. The molecule has 1 aliphatic heterocycles. The van der Waals surface area contributed by atoms with Crippen molar-refractivity contribution in [2.45, 2.75) is 23.5 Å². The number of fused-ring (bicyclic) bond motifs is 1. The van der Waals surface area contributed by atoms with Crippen molar-refractivity contribution in [1.29, 1.82) is 0 Å². The first-order valence-electron chi connectivity index (χ1n) is 8.25. The van der Waals surface area contributed by atoms with Gasteiger partial charge in [0.2, 0.25) is 11.8 Å². The SMILES string of the molecule is CC(Sc1ccc2c(c1)OCCCO2)c1nnc(-c2ccccc2)o1. The van der Waals surface area contributed by atoms with Gasteiger partial charge in [-0.15, -0.1) is 22.0 Å². The molecular formula is C19H18N2O3S. The first-order valence-corrected chi connectivity index (χ1v) is 9.13. The summed E-state index contributed by atoms with van der Waals surface area (Å²) >= 11 is 1.65. The van der Waals surface area contributed by atoms with Gasteiger partial charge in [-0.25, -0.2) is 0 Å². The number of hydrogen-bond donors (Lipinski definition) is 0. The molecule has 3 aromatic rings. The van der Waals surface area contributed by atoms with Crippen LogP contribution in [0.15, 0.2) is 57.8 Å². The fourth-order valence-corrected chi connectivity index (χ4v) is 3.49. The molecule has 5 nitrogen and oxygen atoms in total. The van der Waals surface area contributed by atoms with Gasteiger partial charge in [-0.3, -0.25) is 0 Å². The molecule has 4 rings (SSSR count). The molecule has 1 atom stereocenters. The molecule has 6 heteroatoms. The summed E-state index contributed by atoms with van der Waals surface area (Å²) in [5.74, 6) is 2.75. The summed E-state index contributed by atoms with van der Waals surface area (Å²) < 4.78 is 17.3. The van der Waals surface area contributed by atoms with E-state index in [1.54, 1.807) is 11.8 Å². The Morgan fingerprint density at radius 2 is 1.76 bits per heavy atom. The van der Waals surface area contributed by atoms with E-state index in [2.05, 4.69) is 17.1 Å². The minimum absolute atomic E-state index is 0.0368. The first-order chi connectivity index (χ1) is 12.3. The van der Waals surface area contributed by atoms with E-state index in [-0.39, 0.29) is 5.25 Å². The smallest absolute Gasteiger partial charge is 0.247 e. The number of thioether (sulfide) groups is 1. The van der Waals surface area contributed by atoms with E-state index in [1.165, 1.54) is 0 Å². The molecule has 0 N–H and O–H groups in total. The zero-order chi connectivity index (χ0) is 17.1. The summed E-state index contributed by atoms with van der Waals surface area (Å²) in [5, 5.41) is 8.39. The molecule has 0 saturated heterocycles. The second-order valence-corrected chi connectivity index (χ2v) is 7.14. The second kappa shape index (κ2) is 7.19. The molecule has 0 saturated carbocycles. The van der Waals surface area contributed by atoms with Crippen LogP contribution >= 0.6 is 11.8 Å². The first kappa shape index (κ1) is 16.0. The van der Waals surface area contributed by atoms with E-state index in [9.17, 15) is 0 Å². The quantitative estimate of drug-likeness (QED) is 0.630. The molecule has 25 heavy (non-hydrogen) atoms. The van der Waals surface area contributed by atoms with Crippen molar-refractivity contribution in [3.05, 3.63) is 54.4 Å². The molecule has 1 aromatic heterocycles. The van der Waals surface area contributed by atoms with Gasteiger partial charge >= 0.3 is 0 Å². The van der Waals surface area contributed by atoms with Crippen molar-refractivity contribution >= 4 is 11.8 Å². The van der Waals surface area contributed by atoms with Crippen molar-refractivity contribution in [3.63, 3.8) is 0 Å². The predicted molar refractivity (Wildman–Crippen MR) is 96.1 cm³/mol. The van der Waals surface area contributed by atoms with Gasteiger partial charge in [0.05, 0.1) is 18.5 Å². The molecule has 0 radical (unpaired) electrons. The summed E-state index contributed by atoms with van der Waals surface area (Å²) in [6.07, 6.45) is 0.901. The zero-order valence-corrected chi connectivity index (χ0v) is 14.7.